The molecule has 6 nitrogen and oxygen atoms in total. The van der Waals surface area contributed by atoms with Crippen LogP contribution in [0.15, 0.2) is 21.7 Å². The molecule has 0 atom stereocenters. The summed E-state index contributed by atoms with van der Waals surface area (Å²) >= 11 is 5.62. The van der Waals surface area contributed by atoms with Crippen molar-refractivity contribution in [1.29, 1.82) is 0 Å². The minimum atomic E-state index is -0.738. The van der Waals surface area contributed by atoms with Crippen LogP contribution in [-0.4, -0.2) is 23.1 Å². The van der Waals surface area contributed by atoms with Gasteiger partial charge in [0.15, 0.2) is 0 Å². The van der Waals surface area contributed by atoms with Crippen LogP contribution in [0, 0.1) is 0 Å². The molecule has 7 heteroatoms. The molecule has 0 radical (unpaired) electrons. The molecule has 0 saturated heterocycles. The molecule has 1 aromatic rings. The van der Waals surface area contributed by atoms with Crippen molar-refractivity contribution in [2.75, 3.05) is 7.11 Å². The van der Waals surface area contributed by atoms with Gasteiger partial charge in [-0.3, -0.25) is 4.79 Å². The van der Waals surface area contributed by atoms with Crippen molar-refractivity contribution < 1.29 is 9.63 Å². The summed E-state index contributed by atoms with van der Waals surface area (Å²) in [6.07, 6.45) is 4.04. The summed E-state index contributed by atoms with van der Waals surface area (Å²) < 4.78 is 0.548. The van der Waals surface area contributed by atoms with Gasteiger partial charge in [0.05, 0.1) is 10.6 Å². The molecular weight excluding hydrogens is 272 g/mol. The Hall–Kier alpha value is -2.08. The fourth-order valence-corrected chi connectivity index (χ4v) is 1.80. The number of halogens is 1. The molecule has 0 aliphatic heterocycles. The summed E-state index contributed by atoms with van der Waals surface area (Å²) in [5.74, 6) is 0. The number of hydrogen-bond acceptors (Lipinski definition) is 4. The van der Waals surface area contributed by atoms with E-state index in [-0.39, 0.29) is 17.0 Å². The van der Waals surface area contributed by atoms with Gasteiger partial charge in [-0.2, -0.15) is 0 Å². The third-order valence-corrected chi connectivity index (χ3v) is 2.60. The molecule has 0 spiro atoms. The summed E-state index contributed by atoms with van der Waals surface area (Å²) in [7, 11) is 1.19. The molecular formula is C12H13ClN2O4. The number of H-pyrrole nitrogens is 1. The maximum absolute atomic E-state index is 12.0. The minimum Gasteiger partial charge on any atom is -0.409 e. The average Bonchev–Trinajstić information content (AvgIpc) is 2.38. The number of aromatic nitrogens is 2. The Bertz CT molecular complexity index is 728. The Balaban J connectivity index is 4.00. The molecule has 0 fully saturated rings. The van der Waals surface area contributed by atoms with Crippen molar-refractivity contribution in [3.63, 3.8) is 0 Å². The highest BCUT2D eigenvalue weighted by atomic mass is 35.5. The number of carbonyl (C=O) groups excluding carboxylic acids is 1. The zero-order valence-corrected chi connectivity index (χ0v) is 11.2. The predicted octanol–water partition coefficient (Wildman–Crippen LogP) is -1.11. The lowest BCUT2D eigenvalue weighted by atomic mass is 10.1. The summed E-state index contributed by atoms with van der Waals surface area (Å²) in [5.41, 5.74) is 0.0981. The molecule has 0 saturated carbocycles. The van der Waals surface area contributed by atoms with Crippen molar-refractivity contribution in [2.45, 2.75) is 13.3 Å². The van der Waals surface area contributed by atoms with Crippen LogP contribution in [0.4, 0.5) is 0 Å². The van der Waals surface area contributed by atoms with E-state index >= 15 is 0 Å². The first-order valence-corrected chi connectivity index (χ1v) is 5.84. The van der Waals surface area contributed by atoms with Crippen LogP contribution < -0.4 is 26.7 Å². The van der Waals surface area contributed by atoms with Crippen molar-refractivity contribution in [3.8, 4) is 0 Å². The molecule has 0 unspecified atom stereocenters. The molecule has 0 amide bonds. The zero-order valence-electron chi connectivity index (χ0n) is 10.5. The highest BCUT2D eigenvalue weighted by Gasteiger charge is 2.06. The van der Waals surface area contributed by atoms with E-state index in [4.69, 9.17) is 11.6 Å². The second kappa shape index (κ2) is 6.75. The maximum Gasteiger partial charge on any atom is 0.362 e. The largest absolute Gasteiger partial charge is 0.409 e. The monoisotopic (exact) mass is 284 g/mol. The van der Waals surface area contributed by atoms with Gasteiger partial charge in [-0.15, -0.1) is 0 Å². The number of nitrogens with zero attached hydrogens (tertiary/aromatic N) is 1. The quantitative estimate of drug-likeness (QED) is 0.711. The summed E-state index contributed by atoms with van der Waals surface area (Å²) in [6, 6.07) is 0. The van der Waals surface area contributed by atoms with Crippen LogP contribution in [0.3, 0.4) is 0 Å². The smallest absolute Gasteiger partial charge is 0.362 e. The predicted molar refractivity (Wildman–Crippen MR) is 72.3 cm³/mol. The number of hydrogen-bond donors (Lipinski definition) is 1. The van der Waals surface area contributed by atoms with Crippen LogP contribution in [0.5, 0.6) is 0 Å². The van der Waals surface area contributed by atoms with E-state index in [1.165, 1.54) is 7.11 Å². The Morgan fingerprint density at radius 1 is 1.47 bits per heavy atom. The SMILES string of the molecule is C\C=C/C(CC=O)=c1/[nH]c(=O)n(OC)c(=O)/c1=C\Cl. The molecule has 102 valence electrons. The summed E-state index contributed by atoms with van der Waals surface area (Å²) in [4.78, 5) is 41.4. The lowest BCUT2D eigenvalue weighted by Gasteiger charge is -2.03. The Labute approximate surface area is 113 Å². The summed E-state index contributed by atoms with van der Waals surface area (Å²) in [5, 5.41) is 0.265. The van der Waals surface area contributed by atoms with Crippen molar-refractivity contribution in [1.82, 2.24) is 9.71 Å². The average molecular weight is 285 g/mol. The zero-order chi connectivity index (χ0) is 14.4. The van der Waals surface area contributed by atoms with Gasteiger partial charge in [0, 0.05) is 12.0 Å². The number of nitrogens with one attached hydrogen (secondary N) is 1. The summed E-state index contributed by atoms with van der Waals surface area (Å²) in [6.45, 7) is 1.75. The first-order valence-electron chi connectivity index (χ1n) is 5.40. The third-order valence-electron chi connectivity index (χ3n) is 2.38. The second-order valence-electron chi connectivity index (χ2n) is 3.51. The maximum atomic E-state index is 12.0. The van der Waals surface area contributed by atoms with Gasteiger partial charge < -0.3 is 14.6 Å². The lowest BCUT2D eigenvalue weighted by molar-refractivity contribution is -0.107. The van der Waals surface area contributed by atoms with Crippen LogP contribution in [0.25, 0.3) is 11.1 Å². The number of carbonyl (C=O) groups is 1. The van der Waals surface area contributed by atoms with E-state index in [9.17, 15) is 14.4 Å². The third kappa shape index (κ3) is 3.03. The van der Waals surface area contributed by atoms with Crippen LogP contribution in [-0.2, 0) is 4.79 Å². The van der Waals surface area contributed by atoms with Gasteiger partial charge in [0.2, 0.25) is 0 Å². The van der Waals surface area contributed by atoms with Gasteiger partial charge >= 0.3 is 5.69 Å². The van der Waals surface area contributed by atoms with Gasteiger partial charge in [-0.25, -0.2) is 4.79 Å². The minimum absolute atomic E-state index is 0.0500. The molecule has 1 heterocycles. The van der Waals surface area contributed by atoms with Crippen LogP contribution >= 0.6 is 11.6 Å². The van der Waals surface area contributed by atoms with E-state index in [0.29, 0.717) is 16.6 Å². The van der Waals surface area contributed by atoms with Gasteiger partial charge in [0.25, 0.3) is 5.56 Å². The second-order valence-corrected chi connectivity index (χ2v) is 3.72. The van der Waals surface area contributed by atoms with Crippen LogP contribution in [0.2, 0.25) is 0 Å². The molecule has 0 aromatic carbocycles. The fourth-order valence-electron chi connectivity index (χ4n) is 1.60. The van der Waals surface area contributed by atoms with E-state index in [2.05, 4.69) is 9.82 Å². The normalized spacial score (nSPS) is 13.7. The van der Waals surface area contributed by atoms with Crippen molar-refractivity contribution >= 4 is 29.0 Å². The van der Waals surface area contributed by atoms with E-state index < -0.39 is 11.2 Å². The first kappa shape index (κ1) is 15.0. The van der Waals surface area contributed by atoms with Crippen LogP contribution in [0.1, 0.15) is 13.3 Å². The molecule has 1 rings (SSSR count). The van der Waals surface area contributed by atoms with E-state index in [1.807, 2.05) is 0 Å². The van der Waals surface area contributed by atoms with Gasteiger partial charge in [-0.05, 0) is 12.5 Å². The molecule has 1 aromatic heterocycles. The standard InChI is InChI=1S/C12H13ClN2O4/c1-3-4-8(5-6-16)10-9(7-13)11(17)15(19-2)12(18)14-10/h3-4,6-7H,5H2,1-2H3,(H,14,18)/b4-3-,9-7-,10-8-. The highest BCUT2D eigenvalue weighted by molar-refractivity contribution is 6.38. The number of aromatic amines is 1. The Kier molecular flexibility index (Phi) is 5.32. The fraction of sp³-hybridized carbons (Fsp3) is 0.250. The number of rotatable bonds is 4. The van der Waals surface area contributed by atoms with Crippen molar-refractivity contribution in [3.05, 3.63) is 43.6 Å². The first-order chi connectivity index (χ1) is 9.10. The van der Waals surface area contributed by atoms with E-state index in [0.717, 1.165) is 5.54 Å². The van der Waals surface area contributed by atoms with Crippen molar-refractivity contribution in [2.24, 2.45) is 0 Å². The van der Waals surface area contributed by atoms with E-state index in [1.54, 1.807) is 19.1 Å². The molecule has 0 bridgehead atoms. The number of allylic oxidation sites excluding steroid dienone is 2. The topological polar surface area (TPSA) is 81.2 Å². The lowest BCUT2D eigenvalue weighted by Crippen LogP contribution is -2.55. The highest BCUT2D eigenvalue weighted by Crippen LogP contribution is 1.97. The Morgan fingerprint density at radius 2 is 2.16 bits per heavy atom. The van der Waals surface area contributed by atoms with Gasteiger partial charge in [-0.1, -0.05) is 28.5 Å². The molecule has 19 heavy (non-hydrogen) atoms. The molecule has 0 aliphatic carbocycles. The molecule has 1 N–H and O–H groups in total. The number of aldehydes is 1. The Morgan fingerprint density at radius 3 is 2.63 bits per heavy atom. The molecule has 0 aliphatic rings. The van der Waals surface area contributed by atoms with Gasteiger partial charge in [0.1, 0.15) is 13.4 Å².